The van der Waals surface area contributed by atoms with Crippen molar-refractivity contribution in [2.24, 2.45) is 11.3 Å². The molecule has 0 aromatic heterocycles. The molecule has 1 aromatic carbocycles. The topological polar surface area (TPSA) is 58.6 Å². The quantitative estimate of drug-likeness (QED) is 0.612. The van der Waals surface area contributed by atoms with E-state index in [9.17, 15) is 4.79 Å². The Labute approximate surface area is 114 Å². The highest BCUT2D eigenvalue weighted by molar-refractivity contribution is 5.75. The monoisotopic (exact) mass is 265 g/mol. The van der Waals surface area contributed by atoms with Crippen LogP contribution in [0.2, 0.25) is 0 Å². The molecule has 0 fully saturated rings. The minimum absolute atomic E-state index is 0.0544. The summed E-state index contributed by atoms with van der Waals surface area (Å²) in [6.45, 7) is 6.17. The Morgan fingerprint density at radius 1 is 1.32 bits per heavy atom. The van der Waals surface area contributed by atoms with Crippen LogP contribution in [0.1, 0.15) is 26.3 Å². The zero-order valence-electron chi connectivity index (χ0n) is 11.8. The first kappa shape index (κ1) is 15.7. The van der Waals surface area contributed by atoms with E-state index in [0.717, 1.165) is 12.0 Å². The second-order valence-electron chi connectivity index (χ2n) is 5.77. The SMILES string of the molecule is CC(C)(C)C(=O)OCC(CNO)Cc1ccccc1. The van der Waals surface area contributed by atoms with Gasteiger partial charge in [-0.1, -0.05) is 30.3 Å². The molecular weight excluding hydrogens is 242 g/mol. The van der Waals surface area contributed by atoms with Gasteiger partial charge in [-0.2, -0.15) is 0 Å². The van der Waals surface area contributed by atoms with Crippen molar-refractivity contribution in [2.45, 2.75) is 27.2 Å². The smallest absolute Gasteiger partial charge is 0.311 e. The normalized spacial score (nSPS) is 13.1. The van der Waals surface area contributed by atoms with Gasteiger partial charge in [-0.15, -0.1) is 0 Å². The second-order valence-corrected chi connectivity index (χ2v) is 5.77. The van der Waals surface area contributed by atoms with E-state index in [-0.39, 0.29) is 11.9 Å². The number of benzene rings is 1. The van der Waals surface area contributed by atoms with Gasteiger partial charge in [-0.05, 0) is 32.8 Å². The molecule has 0 saturated carbocycles. The van der Waals surface area contributed by atoms with Crippen molar-refractivity contribution in [3.05, 3.63) is 35.9 Å². The van der Waals surface area contributed by atoms with Gasteiger partial charge in [0.05, 0.1) is 12.0 Å². The number of nitrogens with one attached hydrogen (secondary N) is 1. The van der Waals surface area contributed by atoms with Crippen LogP contribution in [0, 0.1) is 11.3 Å². The fraction of sp³-hybridized carbons (Fsp3) is 0.533. The Morgan fingerprint density at radius 2 is 1.95 bits per heavy atom. The van der Waals surface area contributed by atoms with E-state index < -0.39 is 5.41 Å². The fourth-order valence-corrected chi connectivity index (χ4v) is 1.68. The number of esters is 1. The molecule has 4 heteroatoms. The number of ether oxygens (including phenoxy) is 1. The molecule has 0 spiro atoms. The predicted molar refractivity (Wildman–Crippen MR) is 73.8 cm³/mol. The third-order valence-corrected chi connectivity index (χ3v) is 2.81. The number of carbonyl (C=O) groups is 1. The summed E-state index contributed by atoms with van der Waals surface area (Å²) in [6.07, 6.45) is 0.756. The Balaban J connectivity index is 2.52. The first-order chi connectivity index (χ1) is 8.93. The van der Waals surface area contributed by atoms with Gasteiger partial charge in [0.1, 0.15) is 0 Å². The number of hydrogen-bond acceptors (Lipinski definition) is 4. The Kier molecular flexibility index (Phi) is 5.99. The van der Waals surface area contributed by atoms with E-state index in [2.05, 4.69) is 5.48 Å². The first-order valence-corrected chi connectivity index (χ1v) is 6.51. The predicted octanol–water partition coefficient (Wildman–Crippen LogP) is 2.41. The fourth-order valence-electron chi connectivity index (χ4n) is 1.68. The Hall–Kier alpha value is -1.39. The molecule has 1 atom stereocenters. The van der Waals surface area contributed by atoms with Crippen LogP contribution < -0.4 is 5.48 Å². The Bertz CT molecular complexity index is 384. The van der Waals surface area contributed by atoms with Crippen LogP contribution >= 0.6 is 0 Å². The van der Waals surface area contributed by atoms with Crippen molar-refractivity contribution in [2.75, 3.05) is 13.2 Å². The summed E-state index contributed by atoms with van der Waals surface area (Å²) < 4.78 is 5.30. The van der Waals surface area contributed by atoms with Crippen molar-refractivity contribution in [3.63, 3.8) is 0 Å². The summed E-state index contributed by atoms with van der Waals surface area (Å²) in [5.74, 6) is -0.165. The molecule has 0 aliphatic heterocycles. The molecule has 0 bridgehead atoms. The van der Waals surface area contributed by atoms with Crippen LogP contribution in [-0.4, -0.2) is 24.3 Å². The van der Waals surface area contributed by atoms with E-state index in [0.29, 0.717) is 13.2 Å². The number of hydroxylamine groups is 1. The highest BCUT2D eigenvalue weighted by atomic mass is 16.5. The van der Waals surface area contributed by atoms with Crippen molar-refractivity contribution in [1.82, 2.24) is 5.48 Å². The summed E-state index contributed by atoms with van der Waals surface area (Å²) in [6, 6.07) is 9.95. The molecule has 106 valence electrons. The second kappa shape index (κ2) is 7.26. The molecule has 19 heavy (non-hydrogen) atoms. The van der Waals surface area contributed by atoms with Crippen LogP contribution in [-0.2, 0) is 16.0 Å². The van der Waals surface area contributed by atoms with Gasteiger partial charge in [0.15, 0.2) is 0 Å². The van der Waals surface area contributed by atoms with Crippen molar-refractivity contribution < 1.29 is 14.7 Å². The third kappa shape index (κ3) is 5.85. The summed E-state index contributed by atoms with van der Waals surface area (Å²) in [7, 11) is 0. The maximum absolute atomic E-state index is 11.7. The maximum Gasteiger partial charge on any atom is 0.311 e. The van der Waals surface area contributed by atoms with Crippen LogP contribution in [0.3, 0.4) is 0 Å². The van der Waals surface area contributed by atoms with Gasteiger partial charge in [-0.3, -0.25) is 4.79 Å². The largest absolute Gasteiger partial charge is 0.465 e. The van der Waals surface area contributed by atoms with E-state index >= 15 is 0 Å². The maximum atomic E-state index is 11.7. The van der Waals surface area contributed by atoms with Gasteiger partial charge in [0.25, 0.3) is 0 Å². The highest BCUT2D eigenvalue weighted by Crippen LogP contribution is 2.16. The van der Waals surface area contributed by atoms with Gasteiger partial charge in [0.2, 0.25) is 0 Å². The molecule has 0 saturated heterocycles. The van der Waals surface area contributed by atoms with Crippen LogP contribution in [0.4, 0.5) is 0 Å². The highest BCUT2D eigenvalue weighted by Gasteiger charge is 2.24. The minimum Gasteiger partial charge on any atom is -0.465 e. The van der Waals surface area contributed by atoms with E-state index in [4.69, 9.17) is 9.94 Å². The summed E-state index contributed by atoms with van der Waals surface area (Å²) in [5.41, 5.74) is 2.82. The number of rotatable bonds is 6. The summed E-state index contributed by atoms with van der Waals surface area (Å²) in [5, 5.41) is 8.85. The summed E-state index contributed by atoms with van der Waals surface area (Å²) >= 11 is 0. The third-order valence-electron chi connectivity index (χ3n) is 2.81. The van der Waals surface area contributed by atoms with Crippen molar-refractivity contribution in [1.29, 1.82) is 0 Å². The molecular formula is C15H23NO3. The van der Waals surface area contributed by atoms with Gasteiger partial charge >= 0.3 is 5.97 Å². The molecule has 4 nitrogen and oxygen atoms in total. The van der Waals surface area contributed by atoms with Crippen molar-refractivity contribution in [3.8, 4) is 0 Å². The van der Waals surface area contributed by atoms with Crippen molar-refractivity contribution >= 4 is 5.97 Å². The van der Waals surface area contributed by atoms with Gasteiger partial charge in [-0.25, -0.2) is 5.48 Å². The number of carbonyl (C=O) groups excluding carboxylic acids is 1. The van der Waals surface area contributed by atoms with Gasteiger partial charge < -0.3 is 9.94 Å². The standard InChI is InChI=1S/C15H23NO3/c1-15(2,3)14(17)19-11-13(10-16-18)9-12-7-5-4-6-8-12/h4-8,13,16,18H,9-11H2,1-3H3. The van der Waals surface area contributed by atoms with E-state index in [1.54, 1.807) is 0 Å². The van der Waals surface area contributed by atoms with E-state index in [1.165, 1.54) is 0 Å². The molecule has 0 aliphatic carbocycles. The lowest BCUT2D eigenvalue weighted by molar-refractivity contribution is -0.154. The molecule has 2 N–H and O–H groups in total. The molecule has 0 aliphatic rings. The van der Waals surface area contributed by atoms with E-state index in [1.807, 2.05) is 51.1 Å². The minimum atomic E-state index is -0.496. The summed E-state index contributed by atoms with van der Waals surface area (Å²) in [4.78, 5) is 11.7. The molecule has 1 aromatic rings. The first-order valence-electron chi connectivity index (χ1n) is 6.51. The average Bonchev–Trinajstić information content (AvgIpc) is 2.36. The lowest BCUT2D eigenvalue weighted by Gasteiger charge is -2.21. The lowest BCUT2D eigenvalue weighted by atomic mass is 9.97. The van der Waals surface area contributed by atoms with Crippen LogP contribution in [0.25, 0.3) is 0 Å². The Morgan fingerprint density at radius 3 is 2.47 bits per heavy atom. The molecule has 0 amide bonds. The van der Waals surface area contributed by atoms with Crippen LogP contribution in [0.15, 0.2) is 30.3 Å². The zero-order valence-corrected chi connectivity index (χ0v) is 11.8. The number of hydrogen-bond donors (Lipinski definition) is 2. The van der Waals surface area contributed by atoms with Gasteiger partial charge in [0, 0.05) is 12.5 Å². The molecule has 1 unspecified atom stereocenters. The lowest BCUT2D eigenvalue weighted by Crippen LogP contribution is -2.30. The molecule has 1 rings (SSSR count). The molecule has 0 heterocycles. The van der Waals surface area contributed by atoms with Crippen LogP contribution in [0.5, 0.6) is 0 Å². The zero-order chi connectivity index (χ0) is 14.3. The average molecular weight is 265 g/mol. The molecule has 0 radical (unpaired) electrons.